The SMILES string of the molecule is O=C(CNc1ccc2nnc(C(F)(F)F)n2n1)N1CCC(Cc2ccccc2)CC1. The first-order valence-corrected chi connectivity index (χ1v) is 9.75. The van der Waals surface area contributed by atoms with Crippen LogP contribution in [0.2, 0.25) is 0 Å². The predicted octanol–water partition coefficient (Wildman–Crippen LogP) is 3.04. The molecule has 3 aromatic rings. The zero-order chi connectivity index (χ0) is 21.1. The van der Waals surface area contributed by atoms with Crippen LogP contribution < -0.4 is 5.32 Å². The Morgan fingerprint density at radius 3 is 2.50 bits per heavy atom. The van der Waals surface area contributed by atoms with Gasteiger partial charge in [-0.25, -0.2) is 0 Å². The molecule has 1 amide bonds. The summed E-state index contributed by atoms with van der Waals surface area (Å²) in [6.07, 6.45) is -1.79. The molecule has 7 nitrogen and oxygen atoms in total. The smallest absolute Gasteiger partial charge is 0.360 e. The summed E-state index contributed by atoms with van der Waals surface area (Å²) in [5.74, 6) is -0.606. The monoisotopic (exact) mass is 418 g/mol. The number of halogens is 3. The van der Waals surface area contributed by atoms with Gasteiger partial charge in [0.05, 0.1) is 6.54 Å². The first-order chi connectivity index (χ1) is 14.4. The summed E-state index contributed by atoms with van der Waals surface area (Å²) in [6, 6.07) is 13.1. The van der Waals surface area contributed by atoms with E-state index in [1.54, 1.807) is 4.90 Å². The fourth-order valence-electron chi connectivity index (χ4n) is 3.67. The fourth-order valence-corrected chi connectivity index (χ4v) is 3.67. The van der Waals surface area contributed by atoms with Gasteiger partial charge in [-0.15, -0.1) is 15.3 Å². The van der Waals surface area contributed by atoms with Crippen molar-refractivity contribution in [3.8, 4) is 0 Å². The highest BCUT2D eigenvalue weighted by molar-refractivity contribution is 5.80. The summed E-state index contributed by atoms with van der Waals surface area (Å²) in [5, 5.41) is 13.3. The molecule has 30 heavy (non-hydrogen) atoms. The Morgan fingerprint density at radius 2 is 1.80 bits per heavy atom. The standard InChI is InChI=1S/C20H21F3N6O/c21-20(22,23)19-26-25-17-7-6-16(27-29(17)19)24-13-18(30)28-10-8-15(9-11-28)12-14-4-2-1-3-5-14/h1-7,15H,8-13H2,(H,24,27). The van der Waals surface area contributed by atoms with Crippen LogP contribution in [-0.2, 0) is 17.4 Å². The van der Waals surface area contributed by atoms with Crippen LogP contribution in [0.3, 0.4) is 0 Å². The van der Waals surface area contributed by atoms with Gasteiger partial charge < -0.3 is 10.2 Å². The zero-order valence-corrected chi connectivity index (χ0v) is 16.1. The maximum absolute atomic E-state index is 13.0. The fraction of sp³-hybridized carbons (Fsp3) is 0.400. The molecule has 1 aliphatic rings. The molecule has 0 atom stereocenters. The number of amides is 1. The lowest BCUT2D eigenvalue weighted by molar-refractivity contribution is -0.146. The maximum atomic E-state index is 13.0. The molecular weight excluding hydrogens is 397 g/mol. The van der Waals surface area contributed by atoms with E-state index in [1.807, 2.05) is 18.2 Å². The van der Waals surface area contributed by atoms with E-state index in [2.05, 4.69) is 32.7 Å². The van der Waals surface area contributed by atoms with Crippen molar-refractivity contribution < 1.29 is 18.0 Å². The Balaban J connectivity index is 1.31. The van der Waals surface area contributed by atoms with Gasteiger partial charge in [-0.2, -0.15) is 17.7 Å². The molecule has 158 valence electrons. The van der Waals surface area contributed by atoms with Crippen LogP contribution in [0.5, 0.6) is 0 Å². The van der Waals surface area contributed by atoms with E-state index in [-0.39, 0.29) is 23.9 Å². The molecule has 0 aliphatic carbocycles. The third-order valence-electron chi connectivity index (χ3n) is 5.27. The molecule has 0 saturated carbocycles. The van der Waals surface area contributed by atoms with E-state index in [0.29, 0.717) is 23.5 Å². The summed E-state index contributed by atoms with van der Waals surface area (Å²) in [7, 11) is 0. The van der Waals surface area contributed by atoms with Gasteiger partial charge >= 0.3 is 6.18 Å². The van der Waals surface area contributed by atoms with E-state index in [9.17, 15) is 18.0 Å². The summed E-state index contributed by atoms with van der Waals surface area (Å²) in [4.78, 5) is 14.3. The van der Waals surface area contributed by atoms with Crippen molar-refractivity contribution in [2.24, 2.45) is 5.92 Å². The number of aromatic nitrogens is 4. The van der Waals surface area contributed by atoms with E-state index in [4.69, 9.17) is 0 Å². The van der Waals surface area contributed by atoms with Gasteiger partial charge in [0, 0.05) is 13.1 Å². The Labute approximate surface area is 170 Å². The number of hydrogen-bond donors (Lipinski definition) is 1. The number of rotatable bonds is 5. The van der Waals surface area contributed by atoms with Crippen LogP contribution in [-0.4, -0.2) is 50.3 Å². The van der Waals surface area contributed by atoms with Crippen molar-refractivity contribution in [3.05, 3.63) is 53.9 Å². The van der Waals surface area contributed by atoms with Crippen LogP contribution in [0.25, 0.3) is 5.65 Å². The summed E-state index contributed by atoms with van der Waals surface area (Å²) in [5.41, 5.74) is 1.29. The number of nitrogens with one attached hydrogen (secondary N) is 1. The normalized spacial score (nSPS) is 15.5. The molecule has 1 aliphatic heterocycles. The Hall–Kier alpha value is -3.17. The molecule has 0 bridgehead atoms. The molecule has 4 rings (SSSR count). The Morgan fingerprint density at radius 1 is 1.07 bits per heavy atom. The van der Waals surface area contributed by atoms with Crippen molar-refractivity contribution in [1.82, 2.24) is 24.7 Å². The van der Waals surface area contributed by atoms with Crippen molar-refractivity contribution in [1.29, 1.82) is 0 Å². The van der Waals surface area contributed by atoms with Crippen LogP contribution in [0.15, 0.2) is 42.5 Å². The highest BCUT2D eigenvalue weighted by atomic mass is 19.4. The number of hydrogen-bond acceptors (Lipinski definition) is 5. The van der Waals surface area contributed by atoms with E-state index < -0.39 is 12.0 Å². The van der Waals surface area contributed by atoms with Crippen molar-refractivity contribution in [2.75, 3.05) is 25.0 Å². The Bertz CT molecular complexity index is 1010. The number of benzene rings is 1. The van der Waals surface area contributed by atoms with Crippen LogP contribution >= 0.6 is 0 Å². The van der Waals surface area contributed by atoms with Gasteiger partial charge in [-0.05, 0) is 42.9 Å². The molecule has 10 heteroatoms. The number of piperidine rings is 1. The molecule has 1 saturated heterocycles. The van der Waals surface area contributed by atoms with Crippen LogP contribution in [0.1, 0.15) is 24.2 Å². The molecule has 1 aromatic carbocycles. The number of likely N-dealkylation sites (tertiary alicyclic amines) is 1. The molecule has 1 fully saturated rings. The first-order valence-electron chi connectivity index (χ1n) is 9.75. The number of alkyl halides is 3. The zero-order valence-electron chi connectivity index (χ0n) is 16.1. The minimum Gasteiger partial charge on any atom is -0.360 e. The number of anilines is 1. The highest BCUT2D eigenvalue weighted by Gasteiger charge is 2.37. The number of carbonyl (C=O) groups excluding carboxylic acids is 1. The topological polar surface area (TPSA) is 75.4 Å². The second-order valence-corrected chi connectivity index (χ2v) is 7.38. The minimum absolute atomic E-state index is 0.0142. The summed E-state index contributed by atoms with van der Waals surface area (Å²) < 4.78 is 39.5. The van der Waals surface area contributed by atoms with Gasteiger partial charge in [-0.1, -0.05) is 30.3 Å². The van der Waals surface area contributed by atoms with Gasteiger partial charge in [0.25, 0.3) is 5.82 Å². The second kappa shape index (κ2) is 8.29. The molecule has 0 unspecified atom stereocenters. The van der Waals surface area contributed by atoms with Crippen molar-refractivity contribution >= 4 is 17.4 Å². The van der Waals surface area contributed by atoms with Gasteiger partial charge in [-0.3, -0.25) is 4.79 Å². The summed E-state index contributed by atoms with van der Waals surface area (Å²) >= 11 is 0. The number of carbonyl (C=O) groups is 1. The number of nitrogens with zero attached hydrogens (tertiary/aromatic N) is 5. The minimum atomic E-state index is -4.66. The molecule has 0 radical (unpaired) electrons. The van der Waals surface area contributed by atoms with Gasteiger partial charge in [0.1, 0.15) is 5.82 Å². The predicted molar refractivity (Wildman–Crippen MR) is 104 cm³/mol. The first kappa shape index (κ1) is 20.1. The largest absolute Gasteiger partial charge is 0.453 e. The van der Waals surface area contributed by atoms with Crippen molar-refractivity contribution in [2.45, 2.75) is 25.4 Å². The average Bonchev–Trinajstić information content (AvgIpc) is 3.17. The van der Waals surface area contributed by atoms with Gasteiger partial charge in [0.15, 0.2) is 5.65 Å². The molecule has 1 N–H and O–H groups in total. The molecule has 0 spiro atoms. The van der Waals surface area contributed by atoms with Gasteiger partial charge in [0.2, 0.25) is 5.91 Å². The van der Waals surface area contributed by atoms with E-state index in [0.717, 1.165) is 19.3 Å². The van der Waals surface area contributed by atoms with E-state index >= 15 is 0 Å². The lowest BCUT2D eigenvalue weighted by atomic mass is 9.90. The Kier molecular flexibility index (Phi) is 5.56. The van der Waals surface area contributed by atoms with Crippen LogP contribution in [0, 0.1) is 5.92 Å². The van der Waals surface area contributed by atoms with E-state index in [1.165, 1.54) is 17.7 Å². The molecule has 3 heterocycles. The quantitative estimate of drug-likeness (QED) is 0.689. The lowest BCUT2D eigenvalue weighted by Gasteiger charge is -2.32. The molecular formula is C20H21F3N6O. The highest BCUT2D eigenvalue weighted by Crippen LogP contribution is 2.27. The van der Waals surface area contributed by atoms with Crippen LogP contribution in [0.4, 0.5) is 19.0 Å². The second-order valence-electron chi connectivity index (χ2n) is 7.38. The number of fused-ring (bicyclic) bond motifs is 1. The third-order valence-corrected chi connectivity index (χ3v) is 5.27. The van der Waals surface area contributed by atoms with Crippen molar-refractivity contribution in [3.63, 3.8) is 0 Å². The maximum Gasteiger partial charge on any atom is 0.453 e. The summed E-state index contributed by atoms with van der Waals surface area (Å²) in [6.45, 7) is 1.31. The molecule has 2 aromatic heterocycles. The average molecular weight is 418 g/mol. The lowest BCUT2D eigenvalue weighted by Crippen LogP contribution is -2.41. The third kappa shape index (κ3) is 4.52.